The molecule has 0 aromatic carbocycles. The zero-order valence-electron chi connectivity index (χ0n) is 13.2. The number of aromatic carboxylic acids is 1. The maximum atomic E-state index is 10.5. The van der Waals surface area contributed by atoms with Gasteiger partial charge < -0.3 is 10.8 Å². The molecule has 3 N–H and O–H groups in total. The number of halogens is 3. The van der Waals surface area contributed by atoms with Crippen molar-refractivity contribution in [3.05, 3.63) is 32.5 Å². The van der Waals surface area contributed by atoms with Gasteiger partial charge in [0.1, 0.15) is 5.02 Å². The molecule has 0 amide bonds. The summed E-state index contributed by atoms with van der Waals surface area (Å²) in [5.41, 5.74) is 7.16. The smallest absolute Gasteiger partial charge is 0.356 e. The Balaban J connectivity index is 0.000000172. The van der Waals surface area contributed by atoms with E-state index < -0.39 is 11.7 Å². The van der Waals surface area contributed by atoms with Crippen molar-refractivity contribution in [3.63, 3.8) is 0 Å². The Bertz CT molecular complexity index is 686. The van der Waals surface area contributed by atoms with Crippen molar-refractivity contribution in [1.82, 2.24) is 4.98 Å². The minimum absolute atomic E-state index is 0.0448. The van der Waals surface area contributed by atoms with Crippen LogP contribution in [-0.2, 0) is 0 Å². The van der Waals surface area contributed by atoms with Gasteiger partial charge in [0.05, 0.1) is 10.7 Å². The molecule has 1 aromatic heterocycles. The number of nitrogens with zero attached hydrogens (tertiary/aromatic N) is 1. The Morgan fingerprint density at radius 1 is 1.35 bits per heavy atom. The fraction of sp³-hybridized carbons (Fsp3) is 0.500. The van der Waals surface area contributed by atoms with Crippen LogP contribution >= 0.6 is 34.8 Å². The Morgan fingerprint density at radius 3 is 2.35 bits per heavy atom. The summed E-state index contributed by atoms with van der Waals surface area (Å²) in [5, 5.41) is 8.17. The lowest BCUT2D eigenvalue weighted by atomic mass is 9.49. The molecule has 2 atom stereocenters. The number of hydrogen-bond acceptors (Lipinski definition) is 3. The van der Waals surface area contributed by atoms with E-state index >= 15 is 0 Å². The van der Waals surface area contributed by atoms with E-state index in [1.54, 1.807) is 5.57 Å². The molecule has 0 saturated heterocycles. The highest BCUT2D eigenvalue weighted by atomic mass is 35.5. The van der Waals surface area contributed by atoms with Crippen LogP contribution in [0, 0.1) is 17.3 Å². The molecule has 0 spiro atoms. The molecule has 1 fully saturated rings. The second-order valence-electron chi connectivity index (χ2n) is 6.59. The highest BCUT2D eigenvalue weighted by Gasteiger charge is 2.49. The van der Waals surface area contributed by atoms with Crippen LogP contribution in [0.3, 0.4) is 0 Å². The molecular formula is C16H19Cl3N2O2. The summed E-state index contributed by atoms with van der Waals surface area (Å²) in [5.74, 6) is 0.614. The van der Waals surface area contributed by atoms with E-state index in [0.717, 1.165) is 11.8 Å². The van der Waals surface area contributed by atoms with Gasteiger partial charge in [-0.2, -0.15) is 0 Å². The normalized spacial score (nSPS) is 24.0. The van der Waals surface area contributed by atoms with Crippen molar-refractivity contribution in [2.45, 2.75) is 33.6 Å². The third-order valence-electron chi connectivity index (χ3n) is 5.02. The Hall–Kier alpha value is -0.970. The average molecular weight is 378 g/mol. The first-order valence-electron chi connectivity index (χ1n) is 7.27. The zero-order valence-corrected chi connectivity index (χ0v) is 15.4. The molecule has 4 nitrogen and oxygen atoms in total. The maximum absolute atomic E-state index is 10.5. The number of hydrogen-bond donors (Lipinski definition) is 2. The number of fused-ring (bicyclic) bond motifs is 1. The fourth-order valence-corrected chi connectivity index (χ4v) is 3.92. The van der Waals surface area contributed by atoms with E-state index in [1.165, 1.54) is 12.8 Å². The highest BCUT2D eigenvalue weighted by molar-refractivity contribution is 6.46. The molecule has 23 heavy (non-hydrogen) atoms. The fourth-order valence-electron chi connectivity index (χ4n) is 3.33. The SMILES string of the molecule is CC1=CC[C@@H]2C[C@H]1C2(C)C.Nc1c(Cl)c(Cl)nc(C(=O)O)c1Cl. The number of nitrogens with two attached hydrogens (primary N) is 1. The summed E-state index contributed by atoms with van der Waals surface area (Å²) >= 11 is 16.6. The molecule has 3 aliphatic rings. The standard InChI is InChI=1S/C10H16.C6H3Cl3N2O2/c1-7-4-5-8-6-9(7)10(8,2)3;7-1-3(10)2(8)5(9)11-4(1)6(12)13/h4,8-9H,5-6H2,1-3H3;(H2,10,11)(H,12,13)/t8-,9-;/m1./s1. The van der Waals surface area contributed by atoms with E-state index in [4.69, 9.17) is 45.6 Å². The van der Waals surface area contributed by atoms with E-state index in [9.17, 15) is 4.79 Å². The first-order valence-corrected chi connectivity index (χ1v) is 8.40. The van der Waals surface area contributed by atoms with Crippen LogP contribution in [0.1, 0.15) is 44.1 Å². The van der Waals surface area contributed by atoms with Gasteiger partial charge in [-0.3, -0.25) is 0 Å². The van der Waals surface area contributed by atoms with Gasteiger partial charge in [-0.05, 0) is 37.0 Å². The van der Waals surface area contributed by atoms with Crippen LogP contribution in [0.4, 0.5) is 5.69 Å². The van der Waals surface area contributed by atoms with E-state index in [2.05, 4.69) is 31.8 Å². The van der Waals surface area contributed by atoms with E-state index in [1.807, 2.05) is 0 Å². The summed E-state index contributed by atoms with van der Waals surface area (Å²) in [7, 11) is 0. The summed E-state index contributed by atoms with van der Waals surface area (Å²) in [6.07, 6.45) is 5.24. The number of aromatic nitrogens is 1. The average Bonchev–Trinajstić information content (AvgIpc) is 2.48. The second kappa shape index (κ2) is 6.50. The van der Waals surface area contributed by atoms with Crippen molar-refractivity contribution in [1.29, 1.82) is 0 Å². The lowest BCUT2D eigenvalue weighted by Gasteiger charge is -2.56. The predicted molar refractivity (Wildman–Crippen MR) is 94.4 cm³/mol. The minimum atomic E-state index is -1.31. The molecule has 4 rings (SSSR count). The second-order valence-corrected chi connectivity index (χ2v) is 7.70. The van der Waals surface area contributed by atoms with Gasteiger partial charge in [0.15, 0.2) is 10.8 Å². The minimum Gasteiger partial charge on any atom is -0.476 e. The van der Waals surface area contributed by atoms with Crippen LogP contribution in [0.2, 0.25) is 15.2 Å². The van der Waals surface area contributed by atoms with Gasteiger partial charge in [0, 0.05) is 0 Å². The van der Waals surface area contributed by atoms with Crippen molar-refractivity contribution in [3.8, 4) is 0 Å². The van der Waals surface area contributed by atoms with Crippen molar-refractivity contribution in [2.75, 3.05) is 5.73 Å². The quantitative estimate of drug-likeness (QED) is 0.513. The van der Waals surface area contributed by atoms with E-state index in [0.29, 0.717) is 5.41 Å². The molecule has 1 saturated carbocycles. The number of carboxylic acid groups (broad SMARTS) is 1. The Morgan fingerprint density at radius 2 is 1.96 bits per heavy atom. The number of carbonyl (C=O) groups is 1. The van der Waals surface area contributed by atoms with Gasteiger partial charge in [-0.1, -0.05) is 60.3 Å². The summed E-state index contributed by atoms with van der Waals surface area (Å²) in [6, 6.07) is 0. The molecule has 0 unspecified atom stereocenters. The van der Waals surface area contributed by atoms with Crippen LogP contribution in [0.25, 0.3) is 0 Å². The first-order chi connectivity index (χ1) is 10.6. The van der Waals surface area contributed by atoms with Crippen LogP contribution in [0.5, 0.6) is 0 Å². The number of pyridine rings is 1. The van der Waals surface area contributed by atoms with Gasteiger partial charge >= 0.3 is 5.97 Å². The predicted octanol–water partition coefficient (Wildman–Crippen LogP) is 5.32. The molecule has 0 radical (unpaired) electrons. The van der Waals surface area contributed by atoms with Crippen molar-refractivity contribution in [2.24, 2.45) is 17.3 Å². The number of anilines is 1. The van der Waals surface area contributed by atoms with Gasteiger partial charge in [0.2, 0.25) is 0 Å². The molecule has 0 aliphatic heterocycles. The summed E-state index contributed by atoms with van der Waals surface area (Å²) in [6.45, 7) is 7.13. The molecule has 1 heterocycles. The molecule has 2 bridgehead atoms. The van der Waals surface area contributed by atoms with Gasteiger partial charge in [-0.15, -0.1) is 0 Å². The third-order valence-corrected chi connectivity index (χ3v) is 6.15. The molecule has 126 valence electrons. The lowest BCUT2D eigenvalue weighted by molar-refractivity contribution is -0.00579. The van der Waals surface area contributed by atoms with Crippen LogP contribution in [-0.4, -0.2) is 16.1 Å². The summed E-state index contributed by atoms with van der Waals surface area (Å²) < 4.78 is 0. The van der Waals surface area contributed by atoms with Crippen LogP contribution < -0.4 is 5.73 Å². The molecule has 3 aliphatic carbocycles. The monoisotopic (exact) mass is 376 g/mol. The zero-order chi connectivity index (χ0) is 17.5. The third kappa shape index (κ3) is 3.30. The first kappa shape index (κ1) is 18.4. The number of nitrogen functional groups attached to an aromatic ring is 1. The largest absolute Gasteiger partial charge is 0.476 e. The lowest BCUT2D eigenvalue weighted by Crippen LogP contribution is -2.47. The number of carboxylic acids is 1. The Kier molecular flexibility index (Phi) is 5.19. The molecule has 1 aromatic rings. The molecule has 7 heteroatoms. The van der Waals surface area contributed by atoms with Crippen molar-refractivity contribution < 1.29 is 9.90 Å². The van der Waals surface area contributed by atoms with Gasteiger partial charge in [-0.25, -0.2) is 9.78 Å². The molecular weight excluding hydrogens is 359 g/mol. The van der Waals surface area contributed by atoms with Crippen LogP contribution in [0.15, 0.2) is 11.6 Å². The number of allylic oxidation sites excluding steroid dienone is 2. The highest BCUT2D eigenvalue weighted by Crippen LogP contribution is 2.58. The summed E-state index contributed by atoms with van der Waals surface area (Å²) in [4.78, 5) is 14.0. The topological polar surface area (TPSA) is 76.2 Å². The van der Waals surface area contributed by atoms with Crippen molar-refractivity contribution >= 4 is 46.5 Å². The maximum Gasteiger partial charge on any atom is 0.356 e. The Labute approximate surface area is 150 Å². The number of rotatable bonds is 1. The van der Waals surface area contributed by atoms with Gasteiger partial charge in [0.25, 0.3) is 0 Å². The van der Waals surface area contributed by atoms with E-state index in [-0.39, 0.29) is 20.9 Å².